The van der Waals surface area contributed by atoms with Crippen molar-refractivity contribution in [2.45, 2.75) is 37.6 Å². The maximum atomic E-state index is 12.4. The van der Waals surface area contributed by atoms with Gasteiger partial charge in [0.1, 0.15) is 5.82 Å². The molecule has 6 heteroatoms. The van der Waals surface area contributed by atoms with Crippen LogP contribution in [0.4, 0.5) is 0 Å². The first-order valence-corrected chi connectivity index (χ1v) is 8.60. The quantitative estimate of drug-likeness (QED) is 0.906. The third kappa shape index (κ3) is 3.47. The Labute approximate surface area is 138 Å². The van der Waals surface area contributed by atoms with Gasteiger partial charge in [0.05, 0.1) is 12.5 Å². The molecule has 2 aromatic rings. The molecule has 2 N–H and O–H groups in total. The summed E-state index contributed by atoms with van der Waals surface area (Å²) >= 11 is 1.81. The number of nitrogens with one attached hydrogen (secondary N) is 2. The summed E-state index contributed by atoms with van der Waals surface area (Å²) in [7, 11) is 0. The lowest BCUT2D eigenvalue weighted by Crippen LogP contribution is -2.33. The Bertz CT molecular complexity index is 801. The van der Waals surface area contributed by atoms with E-state index in [2.05, 4.69) is 27.4 Å². The molecule has 1 aromatic carbocycles. The van der Waals surface area contributed by atoms with Crippen molar-refractivity contribution in [3.8, 4) is 0 Å². The number of fused-ring (bicyclic) bond motifs is 1. The molecule has 1 aromatic heterocycles. The Morgan fingerprint density at radius 3 is 2.96 bits per heavy atom. The highest BCUT2D eigenvalue weighted by molar-refractivity contribution is 7.99. The standard InChI is InChI=1S/C17H19N3O2S/c1-10-13(17(22)19-11(2)18-10)9-16(21)20-14-7-8-23-15-6-4-3-5-12(14)15/h3-6,14H,7-9H2,1-2H3,(H,20,21)(H,18,19,22)/t14-/m0/s1. The fourth-order valence-corrected chi connectivity index (χ4v) is 3.98. The molecule has 0 saturated carbocycles. The minimum absolute atomic E-state index is 0.0118. The number of H-pyrrole nitrogens is 1. The number of hydrogen-bond acceptors (Lipinski definition) is 4. The van der Waals surface area contributed by atoms with Gasteiger partial charge in [0.2, 0.25) is 5.91 Å². The molecular weight excluding hydrogens is 310 g/mol. The van der Waals surface area contributed by atoms with Crippen LogP contribution in [0.3, 0.4) is 0 Å². The Kier molecular flexibility index (Phi) is 4.52. The number of aromatic amines is 1. The molecule has 0 bridgehead atoms. The van der Waals surface area contributed by atoms with Crippen molar-refractivity contribution in [2.24, 2.45) is 0 Å². The Morgan fingerprint density at radius 2 is 2.17 bits per heavy atom. The van der Waals surface area contributed by atoms with Gasteiger partial charge in [-0.1, -0.05) is 18.2 Å². The van der Waals surface area contributed by atoms with Gasteiger partial charge < -0.3 is 10.3 Å². The molecule has 3 rings (SSSR count). The summed E-state index contributed by atoms with van der Waals surface area (Å²) in [6.07, 6.45) is 0.954. The van der Waals surface area contributed by atoms with Gasteiger partial charge in [0, 0.05) is 21.9 Å². The van der Waals surface area contributed by atoms with E-state index in [-0.39, 0.29) is 23.9 Å². The SMILES string of the molecule is Cc1nc(C)c(CC(=O)N[C@H]2CCSc3ccccc32)c(=O)[nH]1. The second-order valence-electron chi connectivity index (χ2n) is 5.69. The number of aromatic nitrogens is 2. The minimum atomic E-state index is -0.232. The van der Waals surface area contributed by atoms with Crippen molar-refractivity contribution < 1.29 is 4.79 Å². The normalized spacial score (nSPS) is 16.7. The Morgan fingerprint density at radius 1 is 1.39 bits per heavy atom. The van der Waals surface area contributed by atoms with Gasteiger partial charge in [-0.25, -0.2) is 4.98 Å². The van der Waals surface area contributed by atoms with E-state index in [0.29, 0.717) is 17.1 Å². The number of aryl methyl sites for hydroxylation is 2. The molecule has 0 aliphatic carbocycles. The summed E-state index contributed by atoms with van der Waals surface area (Å²) in [4.78, 5) is 32.5. The highest BCUT2D eigenvalue weighted by Gasteiger charge is 2.22. The van der Waals surface area contributed by atoms with Crippen LogP contribution in [0.1, 0.15) is 35.1 Å². The van der Waals surface area contributed by atoms with Crippen LogP contribution < -0.4 is 10.9 Å². The minimum Gasteiger partial charge on any atom is -0.349 e. The first kappa shape index (κ1) is 15.8. The largest absolute Gasteiger partial charge is 0.349 e. The van der Waals surface area contributed by atoms with E-state index in [9.17, 15) is 9.59 Å². The summed E-state index contributed by atoms with van der Waals surface area (Å²) in [5.41, 5.74) is 1.97. The molecule has 0 spiro atoms. The van der Waals surface area contributed by atoms with Gasteiger partial charge in [-0.05, 0) is 31.9 Å². The second kappa shape index (κ2) is 6.58. The van der Waals surface area contributed by atoms with E-state index in [1.807, 2.05) is 23.9 Å². The maximum absolute atomic E-state index is 12.4. The molecule has 1 amide bonds. The summed E-state index contributed by atoms with van der Waals surface area (Å²) in [6, 6.07) is 8.15. The number of nitrogens with zero attached hydrogens (tertiary/aromatic N) is 1. The molecule has 1 aliphatic rings. The molecule has 0 fully saturated rings. The molecule has 120 valence electrons. The molecule has 23 heavy (non-hydrogen) atoms. The lowest BCUT2D eigenvalue weighted by Gasteiger charge is -2.25. The van der Waals surface area contributed by atoms with Crippen molar-refractivity contribution in [3.63, 3.8) is 0 Å². The predicted molar refractivity (Wildman–Crippen MR) is 90.7 cm³/mol. The fourth-order valence-electron chi connectivity index (χ4n) is 2.86. The van der Waals surface area contributed by atoms with Crippen molar-refractivity contribution in [3.05, 3.63) is 57.3 Å². The zero-order chi connectivity index (χ0) is 16.4. The van der Waals surface area contributed by atoms with Gasteiger partial charge in [-0.2, -0.15) is 0 Å². The predicted octanol–water partition coefficient (Wildman–Crippen LogP) is 2.28. The average Bonchev–Trinajstić information content (AvgIpc) is 2.51. The number of hydrogen-bond donors (Lipinski definition) is 2. The lowest BCUT2D eigenvalue weighted by atomic mass is 10.0. The fraction of sp³-hybridized carbons (Fsp3) is 0.353. The molecule has 1 aliphatic heterocycles. The van der Waals surface area contributed by atoms with Crippen LogP contribution in [-0.2, 0) is 11.2 Å². The molecule has 1 atom stereocenters. The molecule has 5 nitrogen and oxygen atoms in total. The van der Waals surface area contributed by atoms with Crippen LogP contribution in [0.5, 0.6) is 0 Å². The van der Waals surface area contributed by atoms with Gasteiger partial charge in [-0.15, -0.1) is 11.8 Å². The lowest BCUT2D eigenvalue weighted by molar-refractivity contribution is -0.121. The number of amides is 1. The topological polar surface area (TPSA) is 74.8 Å². The molecule has 0 radical (unpaired) electrons. The van der Waals surface area contributed by atoms with Crippen LogP contribution in [0, 0.1) is 13.8 Å². The van der Waals surface area contributed by atoms with Crippen LogP contribution in [0.25, 0.3) is 0 Å². The van der Waals surface area contributed by atoms with Crippen LogP contribution >= 0.6 is 11.8 Å². The van der Waals surface area contributed by atoms with E-state index in [1.165, 1.54) is 4.90 Å². The second-order valence-corrected chi connectivity index (χ2v) is 6.82. The highest BCUT2D eigenvalue weighted by Crippen LogP contribution is 2.35. The van der Waals surface area contributed by atoms with Gasteiger partial charge in [0.15, 0.2) is 0 Å². The summed E-state index contributed by atoms with van der Waals surface area (Å²) in [6.45, 7) is 3.49. The summed E-state index contributed by atoms with van der Waals surface area (Å²) < 4.78 is 0. The molecule has 0 unspecified atom stereocenters. The summed E-state index contributed by atoms with van der Waals surface area (Å²) in [5.74, 6) is 1.40. The van der Waals surface area contributed by atoms with Gasteiger partial charge >= 0.3 is 0 Å². The molecular formula is C17H19N3O2S. The van der Waals surface area contributed by atoms with Crippen molar-refractivity contribution in [2.75, 3.05) is 5.75 Å². The third-order valence-corrected chi connectivity index (χ3v) is 5.09. The average molecular weight is 329 g/mol. The van der Waals surface area contributed by atoms with Gasteiger partial charge in [-0.3, -0.25) is 9.59 Å². The smallest absolute Gasteiger partial charge is 0.254 e. The van der Waals surface area contributed by atoms with E-state index in [0.717, 1.165) is 17.7 Å². The van der Waals surface area contributed by atoms with Crippen molar-refractivity contribution in [1.29, 1.82) is 0 Å². The van der Waals surface area contributed by atoms with E-state index in [1.54, 1.807) is 13.8 Å². The van der Waals surface area contributed by atoms with Crippen LogP contribution in [0.2, 0.25) is 0 Å². The zero-order valence-corrected chi connectivity index (χ0v) is 14.0. The van der Waals surface area contributed by atoms with Crippen molar-refractivity contribution in [1.82, 2.24) is 15.3 Å². The first-order chi connectivity index (χ1) is 11.0. The highest BCUT2D eigenvalue weighted by atomic mass is 32.2. The Balaban J connectivity index is 1.75. The Hall–Kier alpha value is -2.08. The number of carbonyl (C=O) groups excluding carboxylic acids is 1. The molecule has 2 heterocycles. The van der Waals surface area contributed by atoms with Crippen LogP contribution in [0.15, 0.2) is 34.0 Å². The monoisotopic (exact) mass is 329 g/mol. The van der Waals surface area contributed by atoms with E-state index < -0.39 is 0 Å². The number of benzene rings is 1. The third-order valence-electron chi connectivity index (χ3n) is 3.97. The van der Waals surface area contributed by atoms with Gasteiger partial charge in [0.25, 0.3) is 5.56 Å². The zero-order valence-electron chi connectivity index (χ0n) is 13.2. The van der Waals surface area contributed by atoms with E-state index in [4.69, 9.17) is 0 Å². The summed E-state index contributed by atoms with van der Waals surface area (Å²) in [5, 5.41) is 3.06. The number of rotatable bonds is 3. The number of carbonyl (C=O) groups is 1. The molecule has 0 saturated heterocycles. The van der Waals surface area contributed by atoms with Crippen molar-refractivity contribution >= 4 is 17.7 Å². The van der Waals surface area contributed by atoms with E-state index >= 15 is 0 Å². The first-order valence-electron chi connectivity index (χ1n) is 7.62. The van der Waals surface area contributed by atoms with Crippen LogP contribution in [-0.4, -0.2) is 21.6 Å². The number of thioether (sulfide) groups is 1. The maximum Gasteiger partial charge on any atom is 0.254 e.